The molecule has 1 nitrogen and oxygen atoms in total. The Labute approximate surface area is 85.6 Å². The van der Waals surface area contributed by atoms with Crippen molar-refractivity contribution in [2.45, 2.75) is 6.92 Å². The Morgan fingerprint density at radius 2 is 1.92 bits per heavy atom. The fourth-order valence-electron chi connectivity index (χ4n) is 0.902. The summed E-state index contributed by atoms with van der Waals surface area (Å²) in [5.74, 6) is 0.111. The Bertz CT molecular complexity index is 298. The molecule has 0 saturated heterocycles. The Morgan fingerprint density at radius 1 is 1.33 bits per heavy atom. The zero-order chi connectivity index (χ0) is 8.97. The first-order valence-corrected chi connectivity index (χ1v) is 4.86. The number of hydrogen-bond acceptors (Lipinski definition) is 1. The third kappa shape index (κ3) is 2.44. The third-order valence-corrected chi connectivity index (χ3v) is 1.93. The van der Waals surface area contributed by atoms with Crippen LogP contribution in [-0.4, -0.2) is 5.78 Å². The van der Waals surface area contributed by atoms with Crippen LogP contribution in [0.5, 0.6) is 0 Å². The molecular formula is C10H9IO. The van der Waals surface area contributed by atoms with Gasteiger partial charge in [0, 0.05) is 5.56 Å². The second-order valence-electron chi connectivity index (χ2n) is 2.47. The molecule has 0 saturated carbocycles. The minimum Gasteiger partial charge on any atom is -0.295 e. The largest absolute Gasteiger partial charge is 0.295 e. The van der Waals surface area contributed by atoms with Gasteiger partial charge in [-0.1, -0.05) is 46.9 Å². The number of Topliss-reactive ketones (excluding diaryl/α,β-unsaturated/α-hetero) is 1. The van der Waals surface area contributed by atoms with Gasteiger partial charge in [-0.05, 0) is 22.6 Å². The Kier molecular flexibility index (Phi) is 3.47. The minimum atomic E-state index is 0.111. The summed E-state index contributed by atoms with van der Waals surface area (Å²) in [7, 11) is 0. The van der Waals surface area contributed by atoms with Gasteiger partial charge in [-0.15, -0.1) is 0 Å². The highest BCUT2D eigenvalue weighted by molar-refractivity contribution is 14.1. The molecule has 0 spiro atoms. The van der Waals surface area contributed by atoms with E-state index in [1.54, 1.807) is 6.92 Å². The first kappa shape index (κ1) is 9.45. The average Bonchev–Trinajstić information content (AvgIpc) is 2.06. The molecule has 1 aromatic rings. The maximum Gasteiger partial charge on any atom is 0.159 e. The summed E-state index contributed by atoms with van der Waals surface area (Å²) in [6, 6.07) is 7.56. The zero-order valence-electron chi connectivity index (χ0n) is 6.75. The smallest absolute Gasteiger partial charge is 0.159 e. The molecule has 0 aliphatic heterocycles. The third-order valence-electron chi connectivity index (χ3n) is 1.57. The molecule has 0 bridgehead atoms. The fraction of sp³-hybridized carbons (Fsp3) is 0.100. The molecule has 62 valence electrons. The van der Waals surface area contributed by atoms with Crippen molar-refractivity contribution in [3.63, 3.8) is 0 Å². The van der Waals surface area contributed by atoms with E-state index in [9.17, 15) is 4.79 Å². The van der Waals surface area contributed by atoms with Crippen LogP contribution in [0.25, 0.3) is 6.08 Å². The van der Waals surface area contributed by atoms with Crippen molar-refractivity contribution in [3.05, 3.63) is 39.5 Å². The summed E-state index contributed by atoms with van der Waals surface area (Å²) in [5.41, 5.74) is 1.88. The molecule has 2 heteroatoms. The van der Waals surface area contributed by atoms with E-state index in [0.29, 0.717) is 0 Å². The number of carbonyl (C=O) groups is 1. The lowest BCUT2D eigenvalue weighted by Crippen LogP contribution is -1.90. The molecule has 1 aromatic carbocycles. The predicted octanol–water partition coefficient (Wildman–Crippen LogP) is 3.29. The van der Waals surface area contributed by atoms with Crippen LogP contribution in [-0.2, 0) is 0 Å². The van der Waals surface area contributed by atoms with Crippen LogP contribution in [0, 0.1) is 0 Å². The maximum atomic E-state index is 10.9. The Hall–Kier alpha value is -0.640. The molecule has 12 heavy (non-hydrogen) atoms. The summed E-state index contributed by atoms with van der Waals surface area (Å²) in [6.07, 6.45) is 1.99. The van der Waals surface area contributed by atoms with E-state index in [1.807, 2.05) is 34.4 Å². The van der Waals surface area contributed by atoms with Crippen LogP contribution in [0.2, 0.25) is 0 Å². The highest BCUT2D eigenvalue weighted by Crippen LogP contribution is 2.07. The van der Waals surface area contributed by atoms with E-state index in [0.717, 1.165) is 11.1 Å². The number of rotatable bonds is 2. The molecule has 0 N–H and O–H groups in total. The van der Waals surface area contributed by atoms with Crippen LogP contribution in [0.3, 0.4) is 0 Å². The highest BCUT2D eigenvalue weighted by Gasteiger charge is 1.96. The van der Waals surface area contributed by atoms with Gasteiger partial charge in [0.2, 0.25) is 0 Å². The summed E-state index contributed by atoms with van der Waals surface area (Å²) in [5, 5.41) is 0. The van der Waals surface area contributed by atoms with Gasteiger partial charge in [-0.3, -0.25) is 4.79 Å². The molecule has 0 amide bonds. The van der Waals surface area contributed by atoms with Gasteiger partial charge in [0.1, 0.15) is 0 Å². The second kappa shape index (κ2) is 4.40. The van der Waals surface area contributed by atoms with E-state index >= 15 is 0 Å². The Balaban J connectivity index is 2.93. The van der Waals surface area contributed by atoms with E-state index < -0.39 is 0 Å². The molecule has 0 fully saturated rings. The first-order chi connectivity index (χ1) is 5.74. The van der Waals surface area contributed by atoms with Crippen molar-refractivity contribution in [2.75, 3.05) is 0 Å². The molecule has 0 aliphatic rings. The van der Waals surface area contributed by atoms with Crippen molar-refractivity contribution in [1.82, 2.24) is 0 Å². The lowest BCUT2D eigenvalue weighted by atomic mass is 10.1. The van der Waals surface area contributed by atoms with E-state index in [2.05, 4.69) is 22.6 Å². The van der Waals surface area contributed by atoms with Crippen molar-refractivity contribution in [3.8, 4) is 0 Å². The molecule has 1 rings (SSSR count). The average molecular weight is 272 g/mol. The quantitative estimate of drug-likeness (QED) is 0.596. The van der Waals surface area contributed by atoms with Gasteiger partial charge in [-0.25, -0.2) is 0 Å². The monoisotopic (exact) mass is 272 g/mol. The van der Waals surface area contributed by atoms with Gasteiger partial charge in [0.05, 0.1) is 0 Å². The van der Waals surface area contributed by atoms with Crippen molar-refractivity contribution in [1.29, 1.82) is 0 Å². The SMILES string of the molecule is CC(=O)c1ccc(/C=C\I)cc1. The summed E-state index contributed by atoms with van der Waals surface area (Å²) in [6.45, 7) is 1.57. The minimum absolute atomic E-state index is 0.111. The van der Waals surface area contributed by atoms with Crippen molar-refractivity contribution >= 4 is 34.5 Å². The van der Waals surface area contributed by atoms with E-state index in [4.69, 9.17) is 0 Å². The van der Waals surface area contributed by atoms with Gasteiger partial charge in [0.25, 0.3) is 0 Å². The van der Waals surface area contributed by atoms with Gasteiger partial charge in [0.15, 0.2) is 5.78 Å². The normalized spacial score (nSPS) is 10.5. The molecule has 0 aromatic heterocycles. The van der Waals surface area contributed by atoms with Gasteiger partial charge >= 0.3 is 0 Å². The zero-order valence-corrected chi connectivity index (χ0v) is 8.91. The lowest BCUT2D eigenvalue weighted by Gasteiger charge is -1.95. The number of hydrogen-bond donors (Lipinski definition) is 0. The summed E-state index contributed by atoms with van der Waals surface area (Å²) >= 11 is 2.17. The van der Waals surface area contributed by atoms with Gasteiger partial charge < -0.3 is 0 Å². The fourth-order valence-corrected chi connectivity index (χ4v) is 1.32. The molecule has 0 aliphatic carbocycles. The van der Waals surface area contributed by atoms with E-state index in [1.165, 1.54) is 0 Å². The lowest BCUT2D eigenvalue weighted by molar-refractivity contribution is 0.101. The number of ketones is 1. The topological polar surface area (TPSA) is 17.1 Å². The predicted molar refractivity (Wildman–Crippen MR) is 59.5 cm³/mol. The number of benzene rings is 1. The van der Waals surface area contributed by atoms with Crippen LogP contribution in [0.1, 0.15) is 22.8 Å². The van der Waals surface area contributed by atoms with Crippen molar-refractivity contribution in [2.24, 2.45) is 0 Å². The van der Waals surface area contributed by atoms with Crippen LogP contribution in [0.15, 0.2) is 28.3 Å². The molecule has 0 atom stereocenters. The molecule has 0 radical (unpaired) electrons. The van der Waals surface area contributed by atoms with Crippen LogP contribution < -0.4 is 0 Å². The van der Waals surface area contributed by atoms with Gasteiger partial charge in [-0.2, -0.15) is 0 Å². The first-order valence-electron chi connectivity index (χ1n) is 3.62. The van der Waals surface area contributed by atoms with E-state index in [-0.39, 0.29) is 5.78 Å². The molecule has 0 heterocycles. The van der Waals surface area contributed by atoms with Crippen LogP contribution in [0.4, 0.5) is 0 Å². The summed E-state index contributed by atoms with van der Waals surface area (Å²) < 4.78 is 1.94. The maximum absolute atomic E-state index is 10.9. The number of carbonyl (C=O) groups excluding carboxylic acids is 1. The standard InChI is InChI=1S/C10H9IO/c1-8(12)10-4-2-9(3-5-10)6-7-11/h2-7H,1H3/b7-6-. The highest BCUT2D eigenvalue weighted by atomic mass is 127. The Morgan fingerprint density at radius 3 is 2.33 bits per heavy atom. The summed E-state index contributed by atoms with van der Waals surface area (Å²) in [4.78, 5) is 10.9. The van der Waals surface area contributed by atoms with Crippen LogP contribution >= 0.6 is 22.6 Å². The second-order valence-corrected chi connectivity index (χ2v) is 3.19. The molecule has 0 unspecified atom stereocenters. The molecular weight excluding hydrogens is 263 g/mol. The van der Waals surface area contributed by atoms with Crippen molar-refractivity contribution < 1.29 is 4.79 Å². The number of halogens is 1.